The fourth-order valence-electron chi connectivity index (χ4n) is 6.49. The van der Waals surface area contributed by atoms with Gasteiger partial charge in [0.25, 0.3) is 0 Å². The van der Waals surface area contributed by atoms with Crippen molar-refractivity contribution in [2.24, 2.45) is 0 Å². The predicted octanol–water partition coefficient (Wildman–Crippen LogP) is 11.1. The summed E-state index contributed by atoms with van der Waals surface area (Å²) in [4.78, 5) is 12.4. The molecule has 3 unspecified atom stereocenters. The lowest BCUT2D eigenvalue weighted by Crippen LogP contribution is -2.49. The average Bonchev–Trinajstić information content (AvgIpc) is 3.04. The largest absolute Gasteiger partial charge is 0.394 e. The summed E-state index contributed by atoms with van der Waals surface area (Å²) >= 11 is 0. The van der Waals surface area contributed by atoms with Gasteiger partial charge in [-0.15, -0.1) is 0 Å². The molecule has 3 atom stereocenters. The molecule has 0 aliphatic heterocycles. The van der Waals surface area contributed by atoms with E-state index >= 15 is 0 Å². The SMILES string of the molecule is CCCCCCCCCCCCCCCCCCCCCCC(O)C(=O)NC(CO)C(O)CCCCCCCCCCCCC. The Morgan fingerprint density at radius 3 is 1.00 bits per heavy atom. The summed E-state index contributed by atoms with van der Waals surface area (Å²) in [6, 6.07) is -0.704. The second-order valence-electron chi connectivity index (χ2n) is 14.2. The minimum absolute atomic E-state index is 0.309. The summed E-state index contributed by atoms with van der Waals surface area (Å²) < 4.78 is 0. The fourth-order valence-corrected chi connectivity index (χ4v) is 6.49. The van der Waals surface area contributed by atoms with E-state index < -0.39 is 24.2 Å². The van der Waals surface area contributed by atoms with E-state index in [2.05, 4.69) is 19.2 Å². The lowest BCUT2D eigenvalue weighted by Gasteiger charge is -2.23. The van der Waals surface area contributed by atoms with Crippen LogP contribution in [-0.4, -0.2) is 46.1 Å². The predicted molar refractivity (Wildman–Crippen MR) is 195 cm³/mol. The van der Waals surface area contributed by atoms with Gasteiger partial charge in [0.05, 0.1) is 18.8 Å². The second-order valence-corrected chi connectivity index (χ2v) is 14.2. The van der Waals surface area contributed by atoms with Gasteiger partial charge in [0.1, 0.15) is 6.10 Å². The quantitative estimate of drug-likeness (QED) is 0.0509. The van der Waals surface area contributed by atoms with Crippen LogP contribution in [0.3, 0.4) is 0 Å². The highest BCUT2D eigenvalue weighted by Gasteiger charge is 2.23. The first-order chi connectivity index (χ1) is 22.1. The maximum Gasteiger partial charge on any atom is 0.249 e. The van der Waals surface area contributed by atoms with Gasteiger partial charge in [0.15, 0.2) is 0 Å². The summed E-state index contributed by atoms with van der Waals surface area (Å²) in [5.41, 5.74) is 0. The number of aliphatic hydroxyl groups excluding tert-OH is 3. The van der Waals surface area contributed by atoms with Crippen molar-refractivity contribution in [3.05, 3.63) is 0 Å². The molecule has 0 aliphatic carbocycles. The number of unbranched alkanes of at least 4 members (excludes halogenated alkanes) is 29. The molecule has 0 heterocycles. The molecule has 5 nitrogen and oxygen atoms in total. The Bertz CT molecular complexity index is 587. The average molecular weight is 640 g/mol. The molecular weight excluding hydrogens is 558 g/mol. The summed E-state index contributed by atoms with van der Waals surface area (Å²) in [5, 5.41) is 33.2. The Labute approximate surface area is 281 Å². The maximum absolute atomic E-state index is 12.4. The van der Waals surface area contributed by atoms with Crippen LogP contribution in [0.2, 0.25) is 0 Å². The first-order valence-corrected chi connectivity index (χ1v) is 20.3. The van der Waals surface area contributed by atoms with Crippen molar-refractivity contribution < 1.29 is 20.1 Å². The van der Waals surface area contributed by atoms with E-state index in [1.165, 1.54) is 167 Å². The van der Waals surface area contributed by atoms with Gasteiger partial charge in [-0.2, -0.15) is 0 Å². The Morgan fingerprint density at radius 2 is 0.711 bits per heavy atom. The van der Waals surface area contributed by atoms with Crippen molar-refractivity contribution in [2.45, 2.75) is 244 Å². The molecule has 270 valence electrons. The minimum atomic E-state index is -1.07. The summed E-state index contributed by atoms with van der Waals surface area (Å²) in [7, 11) is 0. The van der Waals surface area contributed by atoms with E-state index in [0.29, 0.717) is 12.8 Å². The van der Waals surface area contributed by atoms with Gasteiger partial charge in [-0.05, 0) is 12.8 Å². The topological polar surface area (TPSA) is 89.8 Å². The van der Waals surface area contributed by atoms with Crippen molar-refractivity contribution >= 4 is 5.91 Å². The van der Waals surface area contributed by atoms with Crippen molar-refractivity contribution in [1.82, 2.24) is 5.32 Å². The van der Waals surface area contributed by atoms with Gasteiger partial charge in [-0.1, -0.05) is 213 Å². The number of aliphatic hydroxyl groups is 3. The Balaban J connectivity index is 3.57. The number of carbonyl (C=O) groups excluding carboxylic acids is 1. The molecule has 0 radical (unpaired) electrons. The summed E-state index contributed by atoms with van der Waals surface area (Å²) in [6.07, 6.45) is 39.5. The van der Waals surface area contributed by atoms with E-state index in [9.17, 15) is 20.1 Å². The normalized spacial score (nSPS) is 13.6. The van der Waals surface area contributed by atoms with Crippen molar-refractivity contribution in [3.8, 4) is 0 Å². The highest BCUT2D eigenvalue weighted by molar-refractivity contribution is 5.80. The Morgan fingerprint density at radius 1 is 0.444 bits per heavy atom. The number of nitrogens with one attached hydrogen (secondary N) is 1. The van der Waals surface area contributed by atoms with Gasteiger partial charge in [-0.3, -0.25) is 4.79 Å². The Hall–Kier alpha value is -0.650. The van der Waals surface area contributed by atoms with Crippen LogP contribution >= 0.6 is 0 Å². The van der Waals surface area contributed by atoms with Gasteiger partial charge in [0, 0.05) is 0 Å². The van der Waals surface area contributed by atoms with Crippen LogP contribution in [0.1, 0.15) is 226 Å². The summed E-state index contributed by atoms with van der Waals surface area (Å²) in [6.45, 7) is 4.23. The molecule has 0 fully saturated rings. The third-order valence-corrected chi connectivity index (χ3v) is 9.73. The zero-order valence-electron chi connectivity index (χ0n) is 30.5. The monoisotopic (exact) mass is 640 g/mol. The van der Waals surface area contributed by atoms with Crippen LogP contribution in [0.25, 0.3) is 0 Å². The zero-order chi connectivity index (χ0) is 33.1. The lowest BCUT2D eigenvalue weighted by molar-refractivity contribution is -0.131. The molecule has 0 rings (SSSR count). The van der Waals surface area contributed by atoms with Gasteiger partial charge in [0.2, 0.25) is 5.91 Å². The van der Waals surface area contributed by atoms with E-state index in [1.807, 2.05) is 0 Å². The van der Waals surface area contributed by atoms with Gasteiger partial charge < -0.3 is 20.6 Å². The van der Waals surface area contributed by atoms with Crippen LogP contribution in [0.4, 0.5) is 0 Å². The molecule has 0 aliphatic rings. The van der Waals surface area contributed by atoms with E-state index in [-0.39, 0.29) is 6.61 Å². The summed E-state index contributed by atoms with van der Waals surface area (Å²) in [5.74, 6) is -0.468. The van der Waals surface area contributed by atoms with Crippen LogP contribution in [0.5, 0.6) is 0 Å². The lowest BCUT2D eigenvalue weighted by atomic mass is 10.0. The van der Waals surface area contributed by atoms with Crippen molar-refractivity contribution in [2.75, 3.05) is 6.61 Å². The molecule has 45 heavy (non-hydrogen) atoms. The van der Waals surface area contributed by atoms with Crippen LogP contribution in [0.15, 0.2) is 0 Å². The van der Waals surface area contributed by atoms with Crippen molar-refractivity contribution in [3.63, 3.8) is 0 Å². The van der Waals surface area contributed by atoms with Crippen LogP contribution in [-0.2, 0) is 4.79 Å². The highest BCUT2D eigenvalue weighted by atomic mass is 16.3. The van der Waals surface area contributed by atoms with E-state index in [0.717, 1.165) is 32.1 Å². The first-order valence-electron chi connectivity index (χ1n) is 20.3. The van der Waals surface area contributed by atoms with Crippen molar-refractivity contribution in [1.29, 1.82) is 0 Å². The molecule has 0 aromatic heterocycles. The molecule has 0 aromatic carbocycles. The van der Waals surface area contributed by atoms with Crippen LogP contribution < -0.4 is 5.32 Å². The number of amides is 1. The molecule has 0 saturated carbocycles. The molecule has 0 saturated heterocycles. The maximum atomic E-state index is 12.4. The Kier molecular flexibility index (Phi) is 35.7. The molecule has 1 amide bonds. The smallest absolute Gasteiger partial charge is 0.249 e. The molecule has 0 aromatic rings. The minimum Gasteiger partial charge on any atom is -0.394 e. The van der Waals surface area contributed by atoms with Gasteiger partial charge in [-0.25, -0.2) is 0 Å². The third kappa shape index (κ3) is 31.7. The molecule has 5 heteroatoms. The molecular formula is C40H81NO4. The second kappa shape index (κ2) is 36.2. The third-order valence-electron chi connectivity index (χ3n) is 9.73. The standard InChI is InChI=1S/C40H81NO4/c1-3-5-7-9-11-13-15-16-17-18-19-20-21-22-23-25-27-29-31-33-35-39(44)40(45)41-37(36-42)38(43)34-32-30-28-26-24-14-12-10-8-6-4-2/h37-39,42-44H,3-36H2,1-2H3,(H,41,45). The number of hydrogen-bond donors (Lipinski definition) is 4. The molecule has 0 spiro atoms. The van der Waals surface area contributed by atoms with E-state index in [1.54, 1.807) is 0 Å². The fraction of sp³-hybridized carbons (Fsp3) is 0.975. The number of rotatable bonds is 37. The first kappa shape index (κ1) is 44.4. The number of hydrogen-bond acceptors (Lipinski definition) is 4. The van der Waals surface area contributed by atoms with Gasteiger partial charge >= 0.3 is 0 Å². The molecule has 0 bridgehead atoms. The highest BCUT2D eigenvalue weighted by Crippen LogP contribution is 2.16. The van der Waals surface area contributed by atoms with E-state index in [4.69, 9.17) is 0 Å². The zero-order valence-corrected chi connectivity index (χ0v) is 30.5. The molecule has 4 N–H and O–H groups in total. The number of carbonyl (C=O) groups is 1. The van der Waals surface area contributed by atoms with Crippen LogP contribution in [0, 0.1) is 0 Å².